The summed E-state index contributed by atoms with van der Waals surface area (Å²) < 4.78 is 3.38. The molecule has 2 aromatic rings. The summed E-state index contributed by atoms with van der Waals surface area (Å²) in [6.45, 7) is 0. The quantitative estimate of drug-likeness (QED) is 0.523. The molecule has 2 rings (SSSR count). The number of phenols is 1. The Bertz CT molecular complexity index is 728. The maximum absolute atomic E-state index is 11.9. The summed E-state index contributed by atoms with van der Waals surface area (Å²) in [6, 6.07) is 3.38. The Morgan fingerprint density at radius 2 is 2.10 bits per heavy atom. The third-order valence-electron chi connectivity index (χ3n) is 2.43. The SMILES string of the molecule is Cn1cc(Br)c(C(=O)N/N=C\c2cc(Br)cc(Br)c2O)n1. The molecule has 0 saturated carbocycles. The van der Waals surface area contributed by atoms with Crippen molar-refractivity contribution in [2.45, 2.75) is 0 Å². The van der Waals surface area contributed by atoms with Gasteiger partial charge in [0.1, 0.15) is 5.75 Å². The number of aromatic nitrogens is 2. The lowest BCUT2D eigenvalue weighted by Gasteiger charge is -2.02. The zero-order chi connectivity index (χ0) is 15.6. The monoisotopic (exact) mass is 478 g/mol. The summed E-state index contributed by atoms with van der Waals surface area (Å²) in [7, 11) is 1.71. The van der Waals surface area contributed by atoms with Crippen molar-refractivity contribution in [3.8, 4) is 5.75 Å². The molecule has 0 aliphatic carbocycles. The van der Waals surface area contributed by atoms with E-state index in [0.29, 0.717) is 14.5 Å². The van der Waals surface area contributed by atoms with Crippen LogP contribution in [0.15, 0.2) is 36.8 Å². The maximum Gasteiger partial charge on any atom is 0.293 e. The molecular weight excluding hydrogens is 472 g/mol. The molecule has 0 aliphatic rings. The van der Waals surface area contributed by atoms with E-state index < -0.39 is 5.91 Å². The average molecular weight is 481 g/mol. The average Bonchev–Trinajstić information content (AvgIpc) is 2.74. The molecular formula is C12H9Br3N4O2. The van der Waals surface area contributed by atoms with Crippen molar-refractivity contribution >= 4 is 59.9 Å². The molecule has 0 aliphatic heterocycles. The van der Waals surface area contributed by atoms with Gasteiger partial charge in [-0.25, -0.2) is 5.43 Å². The molecule has 0 unspecified atom stereocenters. The van der Waals surface area contributed by atoms with Crippen LogP contribution >= 0.6 is 47.8 Å². The third-order valence-corrected chi connectivity index (χ3v) is 4.07. The number of nitrogens with zero attached hydrogens (tertiary/aromatic N) is 3. The predicted octanol–water partition coefficient (Wildman–Crippen LogP) is 3.18. The molecule has 21 heavy (non-hydrogen) atoms. The van der Waals surface area contributed by atoms with Gasteiger partial charge in [-0.2, -0.15) is 10.2 Å². The second kappa shape index (κ2) is 6.71. The maximum atomic E-state index is 11.9. The number of aryl methyl sites for hydroxylation is 1. The fraction of sp³-hybridized carbons (Fsp3) is 0.0833. The van der Waals surface area contributed by atoms with Crippen molar-refractivity contribution in [2.75, 3.05) is 0 Å². The smallest absolute Gasteiger partial charge is 0.293 e. The van der Waals surface area contributed by atoms with Crippen LogP contribution in [0.4, 0.5) is 0 Å². The van der Waals surface area contributed by atoms with Gasteiger partial charge in [-0.3, -0.25) is 9.48 Å². The van der Waals surface area contributed by atoms with E-state index in [1.165, 1.54) is 10.9 Å². The molecule has 0 atom stereocenters. The Hall–Kier alpha value is -1.19. The lowest BCUT2D eigenvalue weighted by Crippen LogP contribution is -2.19. The van der Waals surface area contributed by atoms with E-state index in [1.54, 1.807) is 25.4 Å². The van der Waals surface area contributed by atoms with Crippen molar-refractivity contribution in [1.29, 1.82) is 0 Å². The Labute approximate surface area is 145 Å². The summed E-state index contributed by atoms with van der Waals surface area (Å²) in [4.78, 5) is 11.9. The first-order chi connectivity index (χ1) is 9.88. The van der Waals surface area contributed by atoms with Gasteiger partial charge in [-0.15, -0.1) is 0 Å². The summed E-state index contributed by atoms with van der Waals surface area (Å²) in [5.41, 5.74) is 3.04. The van der Waals surface area contributed by atoms with Gasteiger partial charge in [0.15, 0.2) is 5.69 Å². The Morgan fingerprint density at radius 3 is 2.71 bits per heavy atom. The summed E-state index contributed by atoms with van der Waals surface area (Å²) >= 11 is 9.76. The molecule has 1 heterocycles. The highest BCUT2D eigenvalue weighted by Gasteiger charge is 2.13. The zero-order valence-electron chi connectivity index (χ0n) is 10.6. The van der Waals surface area contributed by atoms with Gasteiger partial charge in [0.05, 0.1) is 15.2 Å². The number of phenolic OH excluding ortho intramolecular Hbond substituents is 1. The summed E-state index contributed by atoms with van der Waals surface area (Å²) in [5.74, 6) is -0.414. The van der Waals surface area contributed by atoms with E-state index in [-0.39, 0.29) is 11.4 Å². The number of carbonyl (C=O) groups is 1. The van der Waals surface area contributed by atoms with Gasteiger partial charge in [0, 0.05) is 23.3 Å². The number of hydrazone groups is 1. The molecule has 0 radical (unpaired) electrons. The van der Waals surface area contributed by atoms with E-state index in [9.17, 15) is 9.90 Å². The molecule has 110 valence electrons. The lowest BCUT2D eigenvalue weighted by atomic mass is 10.2. The molecule has 0 saturated heterocycles. The van der Waals surface area contributed by atoms with Crippen LogP contribution in [0.3, 0.4) is 0 Å². The van der Waals surface area contributed by atoms with Crippen molar-refractivity contribution in [3.63, 3.8) is 0 Å². The second-order valence-corrected chi connectivity index (χ2v) is 6.65. The molecule has 6 nitrogen and oxygen atoms in total. The molecule has 1 aromatic heterocycles. The van der Waals surface area contributed by atoms with Crippen LogP contribution in [0.1, 0.15) is 16.1 Å². The van der Waals surface area contributed by atoms with E-state index in [4.69, 9.17) is 0 Å². The number of nitrogens with one attached hydrogen (secondary N) is 1. The van der Waals surface area contributed by atoms with Crippen LogP contribution in [0.25, 0.3) is 0 Å². The highest BCUT2D eigenvalue weighted by atomic mass is 79.9. The van der Waals surface area contributed by atoms with Crippen LogP contribution in [-0.2, 0) is 7.05 Å². The minimum absolute atomic E-state index is 0.0372. The number of halogens is 3. The lowest BCUT2D eigenvalue weighted by molar-refractivity contribution is 0.0948. The zero-order valence-corrected chi connectivity index (χ0v) is 15.4. The van der Waals surface area contributed by atoms with Crippen molar-refractivity contribution < 1.29 is 9.90 Å². The van der Waals surface area contributed by atoms with Crippen LogP contribution in [0, 0.1) is 0 Å². The minimum Gasteiger partial charge on any atom is -0.506 e. The fourth-order valence-electron chi connectivity index (χ4n) is 1.51. The highest BCUT2D eigenvalue weighted by Crippen LogP contribution is 2.30. The molecule has 2 N–H and O–H groups in total. The van der Waals surface area contributed by atoms with Gasteiger partial charge >= 0.3 is 0 Å². The first-order valence-electron chi connectivity index (χ1n) is 5.59. The summed E-state index contributed by atoms with van der Waals surface area (Å²) in [6.07, 6.45) is 3.01. The Balaban J connectivity index is 2.13. The number of carbonyl (C=O) groups excluding carboxylic acids is 1. The number of hydrogen-bond donors (Lipinski definition) is 2. The van der Waals surface area contributed by atoms with Gasteiger partial charge in [0.25, 0.3) is 5.91 Å². The normalized spacial score (nSPS) is 11.0. The number of hydrogen-bond acceptors (Lipinski definition) is 4. The van der Waals surface area contributed by atoms with Crippen LogP contribution in [0.5, 0.6) is 5.75 Å². The summed E-state index contributed by atoms with van der Waals surface area (Å²) in [5, 5.41) is 17.7. The first-order valence-corrected chi connectivity index (χ1v) is 7.97. The third kappa shape index (κ3) is 3.92. The van der Waals surface area contributed by atoms with Gasteiger partial charge in [-0.05, 0) is 44.0 Å². The van der Waals surface area contributed by atoms with Crippen molar-refractivity contribution in [3.05, 3.63) is 43.0 Å². The van der Waals surface area contributed by atoms with E-state index >= 15 is 0 Å². The first kappa shape index (κ1) is 16.2. The number of amides is 1. The van der Waals surface area contributed by atoms with Crippen LogP contribution in [0.2, 0.25) is 0 Å². The minimum atomic E-state index is -0.452. The topological polar surface area (TPSA) is 79.5 Å². The fourth-order valence-corrected chi connectivity index (χ4v) is 3.33. The van der Waals surface area contributed by atoms with Gasteiger partial charge in [0.2, 0.25) is 0 Å². The second-order valence-electron chi connectivity index (χ2n) is 4.02. The Morgan fingerprint density at radius 1 is 1.38 bits per heavy atom. The Kier molecular flexibility index (Phi) is 5.17. The molecule has 1 amide bonds. The largest absolute Gasteiger partial charge is 0.506 e. The molecule has 1 aromatic carbocycles. The highest BCUT2D eigenvalue weighted by molar-refractivity contribution is 9.11. The number of benzene rings is 1. The molecule has 0 fully saturated rings. The predicted molar refractivity (Wildman–Crippen MR) is 89.5 cm³/mol. The number of rotatable bonds is 3. The standard InChI is InChI=1S/C12H9Br3N4O2/c1-19-5-9(15)10(18-19)12(21)17-16-4-6-2-7(13)3-8(14)11(6)20/h2-5,20H,1H3,(H,17,21)/b16-4-. The van der Waals surface area contributed by atoms with Crippen molar-refractivity contribution in [1.82, 2.24) is 15.2 Å². The molecule has 0 spiro atoms. The van der Waals surface area contributed by atoms with Gasteiger partial charge < -0.3 is 5.11 Å². The van der Waals surface area contributed by atoms with E-state index in [0.717, 1.165) is 4.47 Å². The van der Waals surface area contributed by atoms with Gasteiger partial charge in [-0.1, -0.05) is 15.9 Å². The molecule has 9 heteroatoms. The van der Waals surface area contributed by atoms with E-state index in [1.807, 2.05) is 0 Å². The van der Waals surface area contributed by atoms with Crippen molar-refractivity contribution in [2.24, 2.45) is 12.1 Å². The van der Waals surface area contributed by atoms with E-state index in [2.05, 4.69) is 63.4 Å². The van der Waals surface area contributed by atoms with Crippen LogP contribution < -0.4 is 5.43 Å². The number of aromatic hydroxyl groups is 1. The van der Waals surface area contributed by atoms with Crippen LogP contribution in [-0.4, -0.2) is 27.0 Å². The molecule has 0 bridgehead atoms.